The first kappa shape index (κ1) is 9.87. The summed E-state index contributed by atoms with van der Waals surface area (Å²) in [7, 11) is 0. The summed E-state index contributed by atoms with van der Waals surface area (Å²) in [5, 5.41) is 0.657. The average Bonchev–Trinajstić information content (AvgIpc) is 2.13. The van der Waals surface area contributed by atoms with Crippen LogP contribution in [0.3, 0.4) is 0 Å². The second kappa shape index (κ2) is 5.44. The molecule has 1 N–H and O–H groups in total. The third kappa shape index (κ3) is 3.81. The predicted octanol–water partition coefficient (Wildman–Crippen LogP) is 1.28. The molecule has 0 amide bonds. The Morgan fingerprint density at radius 1 is 1.69 bits per heavy atom. The summed E-state index contributed by atoms with van der Waals surface area (Å²) in [5.41, 5.74) is -0.116. The SMILES string of the molecule is C#CCCCSc1nccc(=O)[nH]1. The van der Waals surface area contributed by atoms with Crippen molar-refractivity contribution in [1.82, 2.24) is 9.97 Å². The maximum atomic E-state index is 10.8. The van der Waals surface area contributed by atoms with Gasteiger partial charge in [-0.25, -0.2) is 4.98 Å². The van der Waals surface area contributed by atoms with Gasteiger partial charge < -0.3 is 4.98 Å². The van der Waals surface area contributed by atoms with Gasteiger partial charge >= 0.3 is 0 Å². The minimum atomic E-state index is -0.116. The van der Waals surface area contributed by atoms with E-state index in [-0.39, 0.29) is 5.56 Å². The molecule has 4 heteroatoms. The Labute approximate surface area is 81.0 Å². The van der Waals surface area contributed by atoms with E-state index in [0.717, 1.165) is 18.6 Å². The van der Waals surface area contributed by atoms with Crippen LogP contribution in [0.1, 0.15) is 12.8 Å². The van der Waals surface area contributed by atoms with Gasteiger partial charge in [0.15, 0.2) is 5.16 Å². The van der Waals surface area contributed by atoms with Gasteiger partial charge in [-0.05, 0) is 6.42 Å². The number of rotatable bonds is 4. The third-order valence-corrected chi connectivity index (χ3v) is 2.33. The molecule has 68 valence electrons. The van der Waals surface area contributed by atoms with Gasteiger partial charge in [-0.2, -0.15) is 0 Å². The summed E-state index contributed by atoms with van der Waals surface area (Å²) < 4.78 is 0. The van der Waals surface area contributed by atoms with Crippen molar-refractivity contribution in [3.05, 3.63) is 22.6 Å². The van der Waals surface area contributed by atoms with E-state index in [9.17, 15) is 4.79 Å². The molecule has 0 unspecified atom stereocenters. The van der Waals surface area contributed by atoms with Crippen molar-refractivity contribution in [3.8, 4) is 12.3 Å². The lowest BCUT2D eigenvalue weighted by Gasteiger charge is -1.96. The summed E-state index contributed by atoms with van der Waals surface area (Å²) >= 11 is 1.51. The van der Waals surface area contributed by atoms with Crippen LogP contribution in [0.4, 0.5) is 0 Å². The molecule has 0 aliphatic carbocycles. The summed E-state index contributed by atoms with van der Waals surface area (Å²) in [6.45, 7) is 0. The van der Waals surface area contributed by atoms with Gasteiger partial charge in [0.05, 0.1) is 0 Å². The molecule has 1 aromatic heterocycles. The van der Waals surface area contributed by atoms with Gasteiger partial charge in [-0.1, -0.05) is 11.8 Å². The molecule has 0 aliphatic heterocycles. The minimum absolute atomic E-state index is 0.116. The van der Waals surface area contributed by atoms with Gasteiger partial charge in [-0.3, -0.25) is 4.79 Å². The number of aromatic amines is 1. The van der Waals surface area contributed by atoms with E-state index in [4.69, 9.17) is 6.42 Å². The van der Waals surface area contributed by atoms with Crippen molar-refractivity contribution in [2.75, 3.05) is 5.75 Å². The van der Waals surface area contributed by atoms with E-state index in [0.29, 0.717) is 5.16 Å². The fraction of sp³-hybridized carbons (Fsp3) is 0.333. The number of nitrogens with one attached hydrogen (secondary N) is 1. The normalized spacial score (nSPS) is 9.46. The number of nitrogens with zero attached hydrogens (tertiary/aromatic N) is 1. The van der Waals surface area contributed by atoms with Crippen LogP contribution in [0.15, 0.2) is 22.2 Å². The first-order valence-corrected chi connectivity index (χ1v) is 4.93. The van der Waals surface area contributed by atoms with Crippen LogP contribution in [0.25, 0.3) is 0 Å². The van der Waals surface area contributed by atoms with Gasteiger partial charge in [0.25, 0.3) is 5.56 Å². The molecule has 0 bridgehead atoms. The van der Waals surface area contributed by atoms with Crippen LogP contribution in [0.5, 0.6) is 0 Å². The van der Waals surface area contributed by atoms with Crippen molar-refractivity contribution >= 4 is 11.8 Å². The molecule has 0 spiro atoms. The number of hydrogen-bond donors (Lipinski definition) is 1. The highest BCUT2D eigenvalue weighted by atomic mass is 32.2. The highest BCUT2D eigenvalue weighted by Gasteiger charge is 1.94. The Bertz CT molecular complexity index is 353. The molecule has 0 aromatic carbocycles. The zero-order valence-corrected chi connectivity index (χ0v) is 7.93. The van der Waals surface area contributed by atoms with Crippen molar-refractivity contribution in [2.24, 2.45) is 0 Å². The van der Waals surface area contributed by atoms with E-state index >= 15 is 0 Å². The Hall–Kier alpha value is -1.21. The molecule has 3 nitrogen and oxygen atoms in total. The number of H-pyrrole nitrogens is 1. The van der Waals surface area contributed by atoms with Gasteiger partial charge in [0.1, 0.15) is 0 Å². The Morgan fingerprint density at radius 2 is 2.54 bits per heavy atom. The number of unbranched alkanes of at least 4 members (excludes halogenated alkanes) is 1. The molecule has 13 heavy (non-hydrogen) atoms. The highest BCUT2D eigenvalue weighted by Crippen LogP contribution is 2.11. The van der Waals surface area contributed by atoms with Gasteiger partial charge in [0.2, 0.25) is 0 Å². The van der Waals surface area contributed by atoms with Gasteiger partial charge in [0, 0.05) is 24.4 Å². The van der Waals surface area contributed by atoms with E-state index in [2.05, 4.69) is 15.9 Å². The number of hydrogen-bond acceptors (Lipinski definition) is 3. The molecule has 0 fully saturated rings. The second-order valence-electron chi connectivity index (χ2n) is 2.40. The lowest BCUT2D eigenvalue weighted by atomic mass is 10.4. The predicted molar refractivity (Wildman–Crippen MR) is 53.6 cm³/mol. The van der Waals surface area contributed by atoms with E-state index in [1.807, 2.05) is 0 Å². The van der Waals surface area contributed by atoms with Gasteiger partial charge in [-0.15, -0.1) is 12.3 Å². The zero-order chi connectivity index (χ0) is 9.52. The van der Waals surface area contributed by atoms with Crippen molar-refractivity contribution < 1.29 is 0 Å². The summed E-state index contributed by atoms with van der Waals surface area (Å²) in [6.07, 6.45) is 8.31. The van der Waals surface area contributed by atoms with Crippen LogP contribution in [0.2, 0.25) is 0 Å². The number of terminal acetylenes is 1. The lowest BCUT2D eigenvalue weighted by Crippen LogP contribution is -2.05. The first-order valence-electron chi connectivity index (χ1n) is 3.94. The summed E-state index contributed by atoms with van der Waals surface area (Å²) in [4.78, 5) is 17.5. The van der Waals surface area contributed by atoms with E-state index in [1.165, 1.54) is 24.0 Å². The third-order valence-electron chi connectivity index (χ3n) is 1.35. The van der Waals surface area contributed by atoms with Crippen LogP contribution >= 0.6 is 11.8 Å². The molecular weight excluding hydrogens is 184 g/mol. The molecule has 0 radical (unpaired) electrons. The molecule has 0 saturated carbocycles. The van der Waals surface area contributed by atoms with Crippen LogP contribution in [0, 0.1) is 12.3 Å². The summed E-state index contributed by atoms with van der Waals surface area (Å²) in [5.74, 6) is 3.45. The topological polar surface area (TPSA) is 45.8 Å². The second-order valence-corrected chi connectivity index (χ2v) is 3.48. The maximum Gasteiger partial charge on any atom is 0.251 e. The Balaban J connectivity index is 2.38. The Kier molecular flexibility index (Phi) is 4.13. The smallest absolute Gasteiger partial charge is 0.251 e. The van der Waals surface area contributed by atoms with Crippen molar-refractivity contribution in [3.63, 3.8) is 0 Å². The molecule has 0 saturated heterocycles. The van der Waals surface area contributed by atoms with Crippen LogP contribution < -0.4 is 5.56 Å². The van der Waals surface area contributed by atoms with Crippen molar-refractivity contribution in [1.29, 1.82) is 0 Å². The Morgan fingerprint density at radius 3 is 3.23 bits per heavy atom. The van der Waals surface area contributed by atoms with Crippen LogP contribution in [-0.4, -0.2) is 15.7 Å². The standard InChI is InChI=1S/C9H10N2OS/c1-2-3-4-7-13-9-10-6-5-8(12)11-9/h1,5-6H,3-4,7H2,(H,10,11,12). The number of thioether (sulfide) groups is 1. The molecular formula is C9H10N2OS. The fourth-order valence-corrected chi connectivity index (χ4v) is 1.56. The van der Waals surface area contributed by atoms with Crippen LogP contribution in [-0.2, 0) is 0 Å². The van der Waals surface area contributed by atoms with Crippen molar-refractivity contribution in [2.45, 2.75) is 18.0 Å². The average molecular weight is 194 g/mol. The monoisotopic (exact) mass is 194 g/mol. The molecule has 1 heterocycles. The molecule has 0 atom stereocenters. The van der Waals surface area contributed by atoms with E-state index in [1.54, 1.807) is 0 Å². The molecule has 1 rings (SSSR count). The largest absolute Gasteiger partial charge is 0.301 e. The minimum Gasteiger partial charge on any atom is -0.301 e. The van der Waals surface area contributed by atoms with E-state index < -0.39 is 0 Å². The zero-order valence-electron chi connectivity index (χ0n) is 7.12. The summed E-state index contributed by atoms with van der Waals surface area (Å²) in [6, 6.07) is 1.39. The fourth-order valence-electron chi connectivity index (χ4n) is 0.768. The quantitative estimate of drug-likeness (QED) is 0.340. The maximum absolute atomic E-state index is 10.8. The first-order chi connectivity index (χ1) is 6.33. The highest BCUT2D eigenvalue weighted by molar-refractivity contribution is 7.99. The molecule has 1 aromatic rings. The number of aromatic nitrogens is 2. The molecule has 0 aliphatic rings. The lowest BCUT2D eigenvalue weighted by molar-refractivity contribution is 0.926.